The smallest absolute Gasteiger partial charge is 0.119 e. The average Bonchev–Trinajstić information content (AvgIpc) is 2.50. The summed E-state index contributed by atoms with van der Waals surface area (Å²) in [6.45, 7) is 7.14. The SMILES string of the molecule is CCCCOc1ccc(C(N)c2cc(C)ccc2C)cc1. The molecule has 0 spiro atoms. The lowest BCUT2D eigenvalue weighted by Gasteiger charge is -2.16. The van der Waals surface area contributed by atoms with Crippen LogP contribution < -0.4 is 10.5 Å². The van der Waals surface area contributed by atoms with Crippen molar-refractivity contribution in [2.75, 3.05) is 6.61 Å². The van der Waals surface area contributed by atoms with Crippen molar-refractivity contribution in [2.24, 2.45) is 5.73 Å². The predicted molar refractivity (Wildman–Crippen MR) is 88.8 cm³/mol. The minimum absolute atomic E-state index is 0.0883. The van der Waals surface area contributed by atoms with Crippen LogP contribution in [0.1, 0.15) is 48.1 Å². The molecule has 0 saturated heterocycles. The summed E-state index contributed by atoms with van der Waals surface area (Å²) in [5.41, 5.74) is 11.2. The van der Waals surface area contributed by atoms with Crippen LogP contribution in [0.25, 0.3) is 0 Å². The minimum Gasteiger partial charge on any atom is -0.494 e. The molecule has 0 aliphatic rings. The Balaban J connectivity index is 2.12. The van der Waals surface area contributed by atoms with Gasteiger partial charge in [-0.25, -0.2) is 0 Å². The molecule has 0 aliphatic heterocycles. The molecular formula is C19H25NO. The lowest BCUT2D eigenvalue weighted by Crippen LogP contribution is -2.13. The highest BCUT2D eigenvalue weighted by Gasteiger charge is 2.11. The number of aryl methyl sites for hydroxylation is 2. The highest BCUT2D eigenvalue weighted by Crippen LogP contribution is 2.25. The van der Waals surface area contributed by atoms with E-state index < -0.39 is 0 Å². The van der Waals surface area contributed by atoms with Gasteiger partial charge in [0.2, 0.25) is 0 Å². The van der Waals surface area contributed by atoms with E-state index in [0.29, 0.717) is 0 Å². The van der Waals surface area contributed by atoms with E-state index in [1.54, 1.807) is 0 Å². The Labute approximate surface area is 127 Å². The first-order valence-electron chi connectivity index (χ1n) is 7.67. The quantitative estimate of drug-likeness (QED) is 0.790. The van der Waals surface area contributed by atoms with Gasteiger partial charge in [-0.1, -0.05) is 49.2 Å². The summed E-state index contributed by atoms with van der Waals surface area (Å²) in [6.07, 6.45) is 2.24. The first-order chi connectivity index (χ1) is 10.1. The molecular weight excluding hydrogens is 258 g/mol. The Morgan fingerprint density at radius 3 is 2.43 bits per heavy atom. The van der Waals surface area contributed by atoms with Gasteiger partial charge in [-0.05, 0) is 49.1 Å². The number of unbranched alkanes of at least 4 members (excludes halogenated alkanes) is 1. The molecule has 0 aliphatic carbocycles. The highest BCUT2D eigenvalue weighted by atomic mass is 16.5. The molecule has 2 rings (SSSR count). The zero-order valence-corrected chi connectivity index (χ0v) is 13.2. The Kier molecular flexibility index (Phi) is 5.40. The Hall–Kier alpha value is -1.80. The third-order valence-corrected chi connectivity index (χ3v) is 3.78. The Morgan fingerprint density at radius 2 is 1.76 bits per heavy atom. The molecule has 0 amide bonds. The third-order valence-electron chi connectivity index (χ3n) is 3.78. The van der Waals surface area contributed by atoms with Crippen molar-refractivity contribution in [2.45, 2.75) is 39.7 Å². The first kappa shape index (κ1) is 15.6. The van der Waals surface area contributed by atoms with Crippen LogP contribution in [0.3, 0.4) is 0 Å². The number of rotatable bonds is 6. The molecule has 1 atom stereocenters. The van der Waals surface area contributed by atoms with Crippen LogP contribution in [-0.2, 0) is 0 Å². The minimum atomic E-state index is -0.0883. The standard InChI is InChI=1S/C19H25NO/c1-4-5-12-21-17-10-8-16(9-11-17)19(20)18-13-14(2)6-7-15(18)3/h6-11,13,19H,4-5,12,20H2,1-3H3. The van der Waals surface area contributed by atoms with E-state index in [1.807, 2.05) is 12.1 Å². The van der Waals surface area contributed by atoms with E-state index in [4.69, 9.17) is 10.5 Å². The van der Waals surface area contributed by atoms with E-state index in [1.165, 1.54) is 16.7 Å². The summed E-state index contributed by atoms with van der Waals surface area (Å²) in [7, 11) is 0. The highest BCUT2D eigenvalue weighted by molar-refractivity contribution is 5.40. The van der Waals surface area contributed by atoms with Crippen LogP contribution >= 0.6 is 0 Å². The summed E-state index contributed by atoms with van der Waals surface area (Å²) < 4.78 is 5.69. The zero-order chi connectivity index (χ0) is 15.2. The van der Waals surface area contributed by atoms with Crippen LogP contribution in [0.2, 0.25) is 0 Å². The van der Waals surface area contributed by atoms with Gasteiger partial charge in [-0.2, -0.15) is 0 Å². The first-order valence-corrected chi connectivity index (χ1v) is 7.67. The van der Waals surface area contributed by atoms with E-state index in [2.05, 4.69) is 51.1 Å². The lowest BCUT2D eigenvalue weighted by atomic mass is 9.94. The summed E-state index contributed by atoms with van der Waals surface area (Å²) in [4.78, 5) is 0. The maximum atomic E-state index is 6.42. The average molecular weight is 283 g/mol. The number of hydrogen-bond acceptors (Lipinski definition) is 2. The second-order valence-corrected chi connectivity index (χ2v) is 5.61. The molecule has 2 aromatic rings. The lowest BCUT2D eigenvalue weighted by molar-refractivity contribution is 0.309. The molecule has 2 N–H and O–H groups in total. The van der Waals surface area contributed by atoms with Crippen LogP contribution in [0, 0.1) is 13.8 Å². The maximum Gasteiger partial charge on any atom is 0.119 e. The van der Waals surface area contributed by atoms with Gasteiger partial charge in [0.15, 0.2) is 0 Å². The molecule has 0 aromatic heterocycles. The predicted octanol–water partition coefficient (Wildman–Crippen LogP) is 4.53. The van der Waals surface area contributed by atoms with Gasteiger partial charge in [0.1, 0.15) is 5.75 Å². The fraction of sp³-hybridized carbons (Fsp3) is 0.368. The fourth-order valence-electron chi connectivity index (χ4n) is 2.38. The molecule has 112 valence electrons. The normalized spacial score (nSPS) is 12.2. The summed E-state index contributed by atoms with van der Waals surface area (Å²) >= 11 is 0. The van der Waals surface area contributed by atoms with Gasteiger partial charge < -0.3 is 10.5 Å². The molecule has 0 bridgehead atoms. The van der Waals surface area contributed by atoms with Crippen molar-refractivity contribution in [3.63, 3.8) is 0 Å². The van der Waals surface area contributed by atoms with Gasteiger partial charge in [0.25, 0.3) is 0 Å². The van der Waals surface area contributed by atoms with Gasteiger partial charge in [-0.3, -0.25) is 0 Å². The van der Waals surface area contributed by atoms with Gasteiger partial charge in [0, 0.05) is 0 Å². The van der Waals surface area contributed by atoms with Crippen LogP contribution in [0.15, 0.2) is 42.5 Å². The van der Waals surface area contributed by atoms with Gasteiger partial charge >= 0.3 is 0 Å². The summed E-state index contributed by atoms with van der Waals surface area (Å²) in [5, 5.41) is 0. The van der Waals surface area contributed by atoms with Crippen LogP contribution in [0.5, 0.6) is 5.75 Å². The van der Waals surface area contributed by atoms with Crippen LogP contribution in [-0.4, -0.2) is 6.61 Å². The zero-order valence-electron chi connectivity index (χ0n) is 13.2. The molecule has 2 heteroatoms. The molecule has 2 aromatic carbocycles. The van der Waals surface area contributed by atoms with Gasteiger partial charge in [-0.15, -0.1) is 0 Å². The van der Waals surface area contributed by atoms with Crippen molar-refractivity contribution in [1.82, 2.24) is 0 Å². The maximum absolute atomic E-state index is 6.42. The topological polar surface area (TPSA) is 35.2 Å². The number of nitrogens with two attached hydrogens (primary N) is 1. The Bertz CT molecular complexity index is 575. The molecule has 0 heterocycles. The van der Waals surface area contributed by atoms with Crippen LogP contribution in [0.4, 0.5) is 0 Å². The molecule has 21 heavy (non-hydrogen) atoms. The fourth-order valence-corrected chi connectivity index (χ4v) is 2.38. The monoisotopic (exact) mass is 283 g/mol. The third kappa shape index (κ3) is 4.08. The van der Waals surface area contributed by atoms with Crippen molar-refractivity contribution in [3.8, 4) is 5.75 Å². The van der Waals surface area contributed by atoms with E-state index >= 15 is 0 Å². The molecule has 1 unspecified atom stereocenters. The van der Waals surface area contributed by atoms with Crippen molar-refractivity contribution in [1.29, 1.82) is 0 Å². The number of benzene rings is 2. The van der Waals surface area contributed by atoms with E-state index in [-0.39, 0.29) is 6.04 Å². The Morgan fingerprint density at radius 1 is 1.05 bits per heavy atom. The number of hydrogen-bond donors (Lipinski definition) is 1. The second kappa shape index (κ2) is 7.28. The molecule has 0 fully saturated rings. The summed E-state index contributed by atoms with van der Waals surface area (Å²) in [6, 6.07) is 14.5. The van der Waals surface area contributed by atoms with Crippen molar-refractivity contribution >= 4 is 0 Å². The van der Waals surface area contributed by atoms with E-state index in [0.717, 1.165) is 30.8 Å². The molecule has 0 radical (unpaired) electrons. The number of ether oxygens (including phenoxy) is 1. The second-order valence-electron chi connectivity index (χ2n) is 5.61. The molecule has 0 saturated carbocycles. The van der Waals surface area contributed by atoms with Crippen molar-refractivity contribution in [3.05, 3.63) is 64.7 Å². The van der Waals surface area contributed by atoms with E-state index in [9.17, 15) is 0 Å². The molecule has 2 nitrogen and oxygen atoms in total. The van der Waals surface area contributed by atoms with Crippen molar-refractivity contribution < 1.29 is 4.74 Å². The largest absolute Gasteiger partial charge is 0.494 e. The summed E-state index contributed by atoms with van der Waals surface area (Å²) in [5.74, 6) is 0.917. The van der Waals surface area contributed by atoms with Gasteiger partial charge in [0.05, 0.1) is 12.6 Å².